The first-order valence-corrected chi connectivity index (χ1v) is 4.32. The molecule has 0 aliphatic carbocycles. The highest BCUT2D eigenvalue weighted by Crippen LogP contribution is 2.21. The minimum Gasteiger partial charge on any atom is -0.381 e. The second-order valence-electron chi connectivity index (χ2n) is 3.42. The molecule has 0 aromatic rings. The Bertz CT molecular complexity index is 124. The summed E-state index contributed by atoms with van der Waals surface area (Å²) in [5.74, 6) is 0. The van der Waals surface area contributed by atoms with Crippen molar-refractivity contribution in [2.24, 2.45) is 0 Å². The number of hydrogen-bond acceptors (Lipinski definition) is 3. The van der Waals surface area contributed by atoms with Crippen LogP contribution in [0, 0.1) is 0 Å². The van der Waals surface area contributed by atoms with E-state index in [1.54, 1.807) is 0 Å². The minimum atomic E-state index is 0.278. The predicted molar refractivity (Wildman–Crippen MR) is 41.6 cm³/mol. The van der Waals surface area contributed by atoms with Crippen LogP contribution in [0.2, 0.25) is 0 Å². The summed E-state index contributed by atoms with van der Waals surface area (Å²) in [6, 6.07) is 0. The smallest absolute Gasteiger partial charge is 0.0675 e. The van der Waals surface area contributed by atoms with E-state index in [1.165, 1.54) is 0 Å². The lowest BCUT2D eigenvalue weighted by Gasteiger charge is -2.43. The molecule has 1 N–H and O–H groups in total. The van der Waals surface area contributed by atoms with Gasteiger partial charge in [-0.1, -0.05) is 0 Å². The molecule has 2 rings (SSSR count). The molecule has 2 aliphatic rings. The van der Waals surface area contributed by atoms with E-state index < -0.39 is 0 Å². The van der Waals surface area contributed by atoms with Gasteiger partial charge in [-0.25, -0.2) is 0 Å². The number of nitrogens with one attached hydrogen (secondary N) is 1. The maximum Gasteiger partial charge on any atom is 0.0675 e. The third-order valence-corrected chi connectivity index (χ3v) is 2.45. The molecular formula is C8H15NO2. The first-order chi connectivity index (χ1) is 5.41. The van der Waals surface area contributed by atoms with E-state index in [1.807, 2.05) is 0 Å². The summed E-state index contributed by atoms with van der Waals surface area (Å²) in [6.45, 7) is 4.61. The van der Waals surface area contributed by atoms with Crippen molar-refractivity contribution in [3.05, 3.63) is 0 Å². The lowest BCUT2D eigenvalue weighted by molar-refractivity contribution is -0.0933. The highest BCUT2D eigenvalue weighted by atomic mass is 16.5. The largest absolute Gasteiger partial charge is 0.381 e. The van der Waals surface area contributed by atoms with Crippen LogP contribution in [-0.2, 0) is 9.47 Å². The van der Waals surface area contributed by atoms with Crippen LogP contribution in [0.3, 0.4) is 0 Å². The minimum absolute atomic E-state index is 0.278. The Balaban J connectivity index is 1.86. The van der Waals surface area contributed by atoms with Crippen molar-refractivity contribution in [3.8, 4) is 0 Å². The van der Waals surface area contributed by atoms with E-state index in [2.05, 4.69) is 5.32 Å². The molecule has 2 heterocycles. The van der Waals surface area contributed by atoms with E-state index in [4.69, 9.17) is 9.47 Å². The Hall–Kier alpha value is -0.120. The molecule has 0 saturated carbocycles. The summed E-state index contributed by atoms with van der Waals surface area (Å²) in [4.78, 5) is 0. The Kier molecular flexibility index (Phi) is 2.11. The van der Waals surface area contributed by atoms with Gasteiger partial charge in [0.1, 0.15) is 0 Å². The molecule has 0 aromatic carbocycles. The van der Waals surface area contributed by atoms with Gasteiger partial charge in [-0.2, -0.15) is 0 Å². The average molecular weight is 157 g/mol. The summed E-state index contributed by atoms with van der Waals surface area (Å²) < 4.78 is 10.6. The fourth-order valence-corrected chi connectivity index (χ4v) is 1.58. The standard InChI is InChI=1S/C8H15NO2/c1-3-9-8(6-11-7-8)2-5-10-4-1/h9H,1-7H2. The van der Waals surface area contributed by atoms with E-state index >= 15 is 0 Å². The molecule has 2 saturated heterocycles. The molecule has 0 unspecified atom stereocenters. The monoisotopic (exact) mass is 157 g/mol. The molecule has 2 fully saturated rings. The van der Waals surface area contributed by atoms with Crippen molar-refractivity contribution in [1.82, 2.24) is 5.32 Å². The van der Waals surface area contributed by atoms with Gasteiger partial charge < -0.3 is 14.8 Å². The van der Waals surface area contributed by atoms with Crippen molar-refractivity contribution in [2.45, 2.75) is 18.4 Å². The van der Waals surface area contributed by atoms with Crippen LogP contribution >= 0.6 is 0 Å². The molecular weight excluding hydrogens is 142 g/mol. The highest BCUT2D eigenvalue weighted by Gasteiger charge is 2.37. The van der Waals surface area contributed by atoms with Crippen LogP contribution < -0.4 is 5.32 Å². The van der Waals surface area contributed by atoms with Crippen LogP contribution in [0.4, 0.5) is 0 Å². The topological polar surface area (TPSA) is 30.5 Å². The Morgan fingerprint density at radius 2 is 2.00 bits per heavy atom. The number of ether oxygens (including phenoxy) is 2. The summed E-state index contributed by atoms with van der Waals surface area (Å²) in [6.07, 6.45) is 2.23. The van der Waals surface area contributed by atoms with Crippen LogP contribution in [0.1, 0.15) is 12.8 Å². The quantitative estimate of drug-likeness (QED) is 0.543. The SMILES string of the molecule is C1CNC2(CCOC1)COC2. The summed E-state index contributed by atoms with van der Waals surface area (Å²) in [5, 5.41) is 3.53. The van der Waals surface area contributed by atoms with Crippen LogP contribution in [-0.4, -0.2) is 38.5 Å². The van der Waals surface area contributed by atoms with E-state index in [9.17, 15) is 0 Å². The second kappa shape index (κ2) is 3.09. The fourth-order valence-electron chi connectivity index (χ4n) is 1.58. The Morgan fingerprint density at radius 1 is 1.09 bits per heavy atom. The first kappa shape index (κ1) is 7.53. The van der Waals surface area contributed by atoms with Crippen LogP contribution in [0.15, 0.2) is 0 Å². The zero-order valence-corrected chi connectivity index (χ0v) is 6.77. The molecule has 11 heavy (non-hydrogen) atoms. The maximum atomic E-state index is 5.41. The third kappa shape index (κ3) is 1.55. The van der Waals surface area contributed by atoms with Gasteiger partial charge in [-0.3, -0.25) is 0 Å². The van der Waals surface area contributed by atoms with E-state index in [0.717, 1.165) is 45.8 Å². The summed E-state index contributed by atoms with van der Waals surface area (Å²) >= 11 is 0. The van der Waals surface area contributed by atoms with Gasteiger partial charge in [-0.15, -0.1) is 0 Å². The molecule has 0 aromatic heterocycles. The first-order valence-electron chi connectivity index (χ1n) is 4.32. The molecule has 0 radical (unpaired) electrons. The van der Waals surface area contributed by atoms with Crippen molar-refractivity contribution in [3.63, 3.8) is 0 Å². The van der Waals surface area contributed by atoms with E-state index in [0.29, 0.717) is 0 Å². The van der Waals surface area contributed by atoms with Crippen LogP contribution in [0.25, 0.3) is 0 Å². The Labute approximate surface area is 67.1 Å². The molecule has 3 heteroatoms. The van der Waals surface area contributed by atoms with Gasteiger partial charge in [0.25, 0.3) is 0 Å². The molecule has 2 aliphatic heterocycles. The van der Waals surface area contributed by atoms with Gasteiger partial charge in [0.2, 0.25) is 0 Å². The molecule has 0 atom stereocenters. The van der Waals surface area contributed by atoms with Gasteiger partial charge >= 0.3 is 0 Å². The van der Waals surface area contributed by atoms with Crippen molar-refractivity contribution < 1.29 is 9.47 Å². The third-order valence-electron chi connectivity index (χ3n) is 2.45. The van der Waals surface area contributed by atoms with E-state index in [-0.39, 0.29) is 5.54 Å². The maximum absolute atomic E-state index is 5.41. The molecule has 0 amide bonds. The van der Waals surface area contributed by atoms with Crippen molar-refractivity contribution in [2.75, 3.05) is 33.0 Å². The van der Waals surface area contributed by atoms with Crippen molar-refractivity contribution >= 4 is 0 Å². The lowest BCUT2D eigenvalue weighted by Crippen LogP contribution is -2.61. The van der Waals surface area contributed by atoms with Gasteiger partial charge in [-0.05, 0) is 19.4 Å². The van der Waals surface area contributed by atoms with Gasteiger partial charge in [0.05, 0.1) is 18.8 Å². The fraction of sp³-hybridized carbons (Fsp3) is 1.00. The second-order valence-corrected chi connectivity index (χ2v) is 3.42. The number of rotatable bonds is 0. The van der Waals surface area contributed by atoms with Gasteiger partial charge in [0.15, 0.2) is 0 Å². The Morgan fingerprint density at radius 3 is 2.73 bits per heavy atom. The molecule has 0 bridgehead atoms. The van der Waals surface area contributed by atoms with Gasteiger partial charge in [0, 0.05) is 13.2 Å². The highest BCUT2D eigenvalue weighted by molar-refractivity contribution is 4.94. The van der Waals surface area contributed by atoms with Crippen molar-refractivity contribution in [1.29, 1.82) is 0 Å². The lowest BCUT2D eigenvalue weighted by atomic mass is 9.93. The molecule has 64 valence electrons. The summed E-state index contributed by atoms with van der Waals surface area (Å²) in [7, 11) is 0. The summed E-state index contributed by atoms with van der Waals surface area (Å²) in [5.41, 5.74) is 0.278. The molecule has 1 spiro atoms. The average Bonchev–Trinajstić information content (AvgIpc) is 1.82. The predicted octanol–water partition coefficient (Wildman–Crippen LogP) is 0.155. The normalized spacial score (nSPS) is 30.5. The zero-order valence-electron chi connectivity index (χ0n) is 6.77. The number of hydrogen-bond donors (Lipinski definition) is 1. The molecule has 3 nitrogen and oxygen atoms in total. The van der Waals surface area contributed by atoms with Crippen LogP contribution in [0.5, 0.6) is 0 Å². The zero-order chi connectivity index (χ0) is 7.57.